The molecule has 0 bridgehead atoms. The molecule has 2 aromatic carbocycles. The van der Waals surface area contributed by atoms with Crippen molar-refractivity contribution in [3.05, 3.63) is 70.8 Å². The Kier molecular flexibility index (Phi) is 4.77. The van der Waals surface area contributed by atoms with Gasteiger partial charge in [-0.05, 0) is 60.5 Å². The molecule has 1 atom stereocenters. The fraction of sp³-hybridized carbons (Fsp3) is 0.280. The molecule has 5 rings (SSSR count). The van der Waals surface area contributed by atoms with E-state index in [1.165, 1.54) is 6.42 Å². The minimum Gasteiger partial charge on any atom is -0.338 e. The summed E-state index contributed by atoms with van der Waals surface area (Å²) in [6.45, 7) is 3.81. The normalized spacial score (nSPS) is 16.7. The maximum Gasteiger partial charge on any atom is 0.258 e. The van der Waals surface area contributed by atoms with E-state index in [0.29, 0.717) is 28.1 Å². The Labute approximate surface area is 180 Å². The molecular formula is C25H24N4O2. The first-order chi connectivity index (χ1) is 15.0. The van der Waals surface area contributed by atoms with Gasteiger partial charge in [0.1, 0.15) is 0 Å². The largest absolute Gasteiger partial charge is 0.338 e. The van der Waals surface area contributed by atoms with Crippen LogP contribution in [-0.2, 0) is 7.05 Å². The molecule has 0 N–H and O–H groups in total. The number of hydrogen-bond donors (Lipinski definition) is 0. The second-order valence-corrected chi connectivity index (χ2v) is 8.49. The zero-order valence-electron chi connectivity index (χ0n) is 17.7. The number of likely N-dealkylation sites (tertiary alicyclic amines) is 1. The molecule has 2 aromatic heterocycles. The van der Waals surface area contributed by atoms with Gasteiger partial charge in [0.15, 0.2) is 0 Å². The first kappa shape index (κ1) is 19.4. The Morgan fingerprint density at radius 2 is 1.97 bits per heavy atom. The van der Waals surface area contributed by atoms with E-state index < -0.39 is 0 Å². The highest BCUT2D eigenvalue weighted by Crippen LogP contribution is 2.24. The van der Waals surface area contributed by atoms with Crippen molar-refractivity contribution in [2.75, 3.05) is 13.1 Å². The van der Waals surface area contributed by atoms with Gasteiger partial charge in [0.2, 0.25) is 0 Å². The van der Waals surface area contributed by atoms with E-state index in [2.05, 4.69) is 11.9 Å². The van der Waals surface area contributed by atoms with Crippen molar-refractivity contribution >= 4 is 27.7 Å². The molecule has 0 radical (unpaired) electrons. The van der Waals surface area contributed by atoms with E-state index in [9.17, 15) is 9.59 Å². The average molecular weight is 412 g/mol. The van der Waals surface area contributed by atoms with Crippen LogP contribution in [0.2, 0.25) is 0 Å². The Morgan fingerprint density at radius 1 is 1.10 bits per heavy atom. The molecule has 0 saturated carbocycles. The summed E-state index contributed by atoms with van der Waals surface area (Å²) in [5.41, 5.74) is 3.67. The summed E-state index contributed by atoms with van der Waals surface area (Å²) in [6, 6.07) is 13.1. The lowest BCUT2D eigenvalue weighted by molar-refractivity contribution is 0.0683. The zero-order chi connectivity index (χ0) is 21.5. The molecule has 4 aromatic rings. The highest BCUT2D eigenvalue weighted by atomic mass is 16.2. The molecule has 1 unspecified atom stereocenters. The van der Waals surface area contributed by atoms with Crippen LogP contribution in [0.4, 0.5) is 0 Å². The molecule has 0 aliphatic carbocycles. The predicted octanol–water partition coefficient (Wildman–Crippen LogP) is 4.02. The minimum atomic E-state index is -0.0242. The lowest BCUT2D eigenvalue weighted by atomic mass is 9.99. The molecule has 3 heterocycles. The number of benzene rings is 2. The lowest BCUT2D eigenvalue weighted by Crippen LogP contribution is -2.39. The van der Waals surface area contributed by atoms with Crippen molar-refractivity contribution < 1.29 is 4.79 Å². The number of piperidine rings is 1. The second kappa shape index (κ2) is 7.61. The minimum absolute atomic E-state index is 0.0242. The monoisotopic (exact) mass is 412 g/mol. The van der Waals surface area contributed by atoms with Gasteiger partial charge in [-0.2, -0.15) is 0 Å². The quantitative estimate of drug-likeness (QED) is 0.499. The number of nitrogens with zero attached hydrogens (tertiary/aromatic N) is 4. The number of hydrogen-bond acceptors (Lipinski definition) is 4. The van der Waals surface area contributed by atoms with E-state index in [1.807, 2.05) is 47.4 Å². The van der Waals surface area contributed by atoms with Crippen molar-refractivity contribution in [2.45, 2.75) is 19.8 Å². The Balaban J connectivity index is 1.52. The van der Waals surface area contributed by atoms with E-state index >= 15 is 0 Å². The smallest absolute Gasteiger partial charge is 0.258 e. The summed E-state index contributed by atoms with van der Waals surface area (Å²) < 4.78 is 1.57. The van der Waals surface area contributed by atoms with E-state index in [0.717, 1.165) is 36.0 Å². The highest BCUT2D eigenvalue weighted by Gasteiger charge is 2.22. The van der Waals surface area contributed by atoms with Gasteiger partial charge < -0.3 is 9.47 Å². The van der Waals surface area contributed by atoms with Crippen LogP contribution in [0.1, 0.15) is 30.1 Å². The van der Waals surface area contributed by atoms with Crippen molar-refractivity contribution in [1.82, 2.24) is 19.4 Å². The van der Waals surface area contributed by atoms with Crippen molar-refractivity contribution in [3.63, 3.8) is 0 Å². The average Bonchev–Trinajstić information content (AvgIpc) is 2.80. The molecule has 1 fully saturated rings. The number of carbonyl (C=O) groups is 1. The lowest BCUT2D eigenvalue weighted by Gasteiger charge is -2.31. The van der Waals surface area contributed by atoms with Crippen LogP contribution in [-0.4, -0.2) is 38.4 Å². The van der Waals surface area contributed by atoms with Crippen molar-refractivity contribution in [1.29, 1.82) is 0 Å². The molecule has 1 amide bonds. The number of rotatable bonds is 2. The van der Waals surface area contributed by atoms with Gasteiger partial charge >= 0.3 is 0 Å². The van der Waals surface area contributed by atoms with Crippen molar-refractivity contribution in [2.24, 2.45) is 13.0 Å². The summed E-state index contributed by atoms with van der Waals surface area (Å²) in [6.07, 6.45) is 5.72. The fourth-order valence-corrected chi connectivity index (χ4v) is 4.34. The number of pyridine rings is 1. The predicted molar refractivity (Wildman–Crippen MR) is 122 cm³/mol. The maximum absolute atomic E-state index is 13.0. The van der Waals surface area contributed by atoms with E-state index in [1.54, 1.807) is 24.0 Å². The molecule has 6 heteroatoms. The van der Waals surface area contributed by atoms with Gasteiger partial charge in [-0.1, -0.05) is 13.0 Å². The summed E-state index contributed by atoms with van der Waals surface area (Å²) in [7, 11) is 1.74. The van der Waals surface area contributed by atoms with E-state index in [-0.39, 0.29) is 11.5 Å². The summed E-state index contributed by atoms with van der Waals surface area (Å²) in [5.74, 6) is 0.594. The third-order valence-corrected chi connectivity index (χ3v) is 6.11. The number of aromatic nitrogens is 3. The fourth-order valence-electron chi connectivity index (χ4n) is 4.34. The first-order valence-electron chi connectivity index (χ1n) is 10.7. The number of carbonyl (C=O) groups excluding carboxylic acids is 1. The molecule has 31 heavy (non-hydrogen) atoms. The van der Waals surface area contributed by atoms with Crippen LogP contribution in [0.25, 0.3) is 33.1 Å². The van der Waals surface area contributed by atoms with Crippen LogP contribution >= 0.6 is 0 Å². The second-order valence-electron chi connectivity index (χ2n) is 8.49. The van der Waals surface area contributed by atoms with Crippen LogP contribution in [0.15, 0.2) is 59.7 Å². The van der Waals surface area contributed by atoms with Crippen LogP contribution < -0.4 is 5.56 Å². The first-order valence-corrected chi connectivity index (χ1v) is 10.7. The number of amides is 1. The summed E-state index contributed by atoms with van der Waals surface area (Å²) >= 11 is 0. The molecular weight excluding hydrogens is 388 g/mol. The van der Waals surface area contributed by atoms with Gasteiger partial charge in [-0.3, -0.25) is 14.6 Å². The maximum atomic E-state index is 13.0. The number of aryl methyl sites for hydroxylation is 1. The molecule has 1 saturated heterocycles. The van der Waals surface area contributed by atoms with E-state index in [4.69, 9.17) is 4.98 Å². The summed E-state index contributed by atoms with van der Waals surface area (Å²) in [5, 5.41) is 1.54. The third kappa shape index (κ3) is 3.58. The van der Waals surface area contributed by atoms with Gasteiger partial charge in [-0.25, -0.2) is 4.98 Å². The van der Waals surface area contributed by atoms with Gasteiger partial charge in [0.25, 0.3) is 11.5 Å². The summed E-state index contributed by atoms with van der Waals surface area (Å²) in [4.78, 5) is 36.6. The van der Waals surface area contributed by atoms with Gasteiger partial charge in [0, 0.05) is 42.8 Å². The molecule has 6 nitrogen and oxygen atoms in total. The topological polar surface area (TPSA) is 68.1 Å². The van der Waals surface area contributed by atoms with Gasteiger partial charge in [-0.15, -0.1) is 0 Å². The van der Waals surface area contributed by atoms with Crippen LogP contribution in [0.3, 0.4) is 0 Å². The van der Waals surface area contributed by atoms with Gasteiger partial charge in [0.05, 0.1) is 22.9 Å². The van der Waals surface area contributed by atoms with Crippen LogP contribution in [0, 0.1) is 5.92 Å². The van der Waals surface area contributed by atoms with Crippen LogP contribution in [0.5, 0.6) is 0 Å². The highest BCUT2D eigenvalue weighted by molar-refractivity contribution is 5.97. The third-order valence-electron chi connectivity index (χ3n) is 6.11. The van der Waals surface area contributed by atoms with Crippen molar-refractivity contribution in [3.8, 4) is 11.3 Å². The number of fused-ring (bicyclic) bond motifs is 2. The SMILES string of the molecule is CC1CCCN(C(=O)c2ccc3ncc(-c4ccc5c(=O)n(C)ccc5c4)nc3c2)C1. The Hall–Kier alpha value is -3.54. The Morgan fingerprint density at radius 3 is 2.81 bits per heavy atom. The zero-order valence-corrected chi connectivity index (χ0v) is 17.7. The Bertz CT molecular complexity index is 1380. The molecule has 156 valence electrons. The standard InChI is InChI=1S/C25H24N4O2/c1-16-4-3-10-29(15-16)24(30)19-6-8-21-22(13-19)27-23(14-26-21)18-5-7-20-17(12-18)9-11-28(2)25(20)31/h5-9,11-14,16H,3-4,10,15H2,1-2H3. The molecule has 1 aliphatic rings. The molecule has 1 aliphatic heterocycles. The molecule has 0 spiro atoms.